The van der Waals surface area contributed by atoms with Crippen LogP contribution in [0.5, 0.6) is 0 Å². The number of carbonyl (C=O) groups is 2. The van der Waals surface area contributed by atoms with Gasteiger partial charge in [0.1, 0.15) is 10.9 Å². The van der Waals surface area contributed by atoms with Crippen LogP contribution in [0.15, 0.2) is 71.6 Å². The second-order valence-electron chi connectivity index (χ2n) is 7.97. The van der Waals surface area contributed by atoms with E-state index in [9.17, 15) is 19.7 Å². The average molecular weight is 504 g/mol. The van der Waals surface area contributed by atoms with E-state index >= 15 is 0 Å². The quantitative estimate of drug-likeness (QED) is 0.170. The van der Waals surface area contributed by atoms with E-state index in [1.807, 2.05) is 42.5 Å². The fourth-order valence-electron chi connectivity index (χ4n) is 4.16. The van der Waals surface area contributed by atoms with E-state index in [4.69, 9.17) is 17.3 Å². The number of carboxylic acid groups (broad SMARTS) is 1. The molecule has 0 aliphatic carbocycles. The van der Waals surface area contributed by atoms with Crippen LogP contribution in [0.2, 0.25) is 0 Å². The first kappa shape index (κ1) is 22.8. The molecule has 10 heteroatoms. The summed E-state index contributed by atoms with van der Waals surface area (Å²) in [5.74, 6) is -1.53. The Balaban J connectivity index is 1.54. The molecule has 0 radical (unpaired) electrons. The molecule has 35 heavy (non-hydrogen) atoms. The number of hydrogen-bond acceptors (Lipinski definition) is 6. The number of nitro groups is 1. The molecule has 1 aliphatic heterocycles. The zero-order valence-electron chi connectivity index (χ0n) is 18.1. The van der Waals surface area contributed by atoms with Gasteiger partial charge in [-0.15, -0.1) is 0 Å². The predicted octanol–water partition coefficient (Wildman–Crippen LogP) is 5.04. The lowest BCUT2D eigenvalue weighted by molar-refractivity contribution is -0.384. The summed E-state index contributed by atoms with van der Waals surface area (Å²) in [4.78, 5) is 35.7. The maximum Gasteiger partial charge on any atom is 0.323 e. The molecule has 2 heterocycles. The fourth-order valence-corrected chi connectivity index (χ4v) is 5.42. The van der Waals surface area contributed by atoms with Crippen molar-refractivity contribution in [2.45, 2.75) is 6.54 Å². The number of rotatable bonds is 6. The number of carboxylic acids is 1. The minimum Gasteiger partial charge on any atom is -0.480 e. The zero-order valence-corrected chi connectivity index (χ0v) is 19.7. The van der Waals surface area contributed by atoms with Crippen molar-refractivity contribution < 1.29 is 19.6 Å². The van der Waals surface area contributed by atoms with Gasteiger partial charge in [-0.05, 0) is 35.4 Å². The second kappa shape index (κ2) is 8.97. The number of fused-ring (bicyclic) bond motifs is 3. The standard InChI is InChI=1S/C25H17N3O5S2/c29-23(30)14-27-24(31)22(35-25(27)34)12-16-7-10-21-19(11-16)18-3-1-2-4-20(18)26(21)13-15-5-8-17(9-6-15)28(32)33/h1-12H,13-14H2,(H,29,30)/b22-12-. The molecule has 1 aliphatic rings. The van der Waals surface area contributed by atoms with Crippen molar-refractivity contribution in [3.05, 3.63) is 92.9 Å². The number of nitrogens with zero attached hydrogens (tertiary/aromatic N) is 3. The van der Waals surface area contributed by atoms with Gasteiger partial charge in [0.25, 0.3) is 11.6 Å². The molecule has 0 unspecified atom stereocenters. The van der Waals surface area contributed by atoms with Crippen molar-refractivity contribution in [1.29, 1.82) is 0 Å². The molecule has 5 rings (SSSR count). The maximum absolute atomic E-state index is 12.6. The number of aliphatic carboxylic acids is 1. The highest BCUT2D eigenvalue weighted by molar-refractivity contribution is 8.26. The van der Waals surface area contributed by atoms with Gasteiger partial charge in [-0.2, -0.15) is 0 Å². The normalized spacial score (nSPS) is 15.0. The van der Waals surface area contributed by atoms with E-state index < -0.39 is 23.3 Å². The van der Waals surface area contributed by atoms with E-state index in [-0.39, 0.29) is 10.0 Å². The number of nitro benzene ring substituents is 1. The lowest BCUT2D eigenvalue weighted by Crippen LogP contribution is -2.33. The molecule has 0 atom stereocenters. The molecule has 1 fully saturated rings. The third-order valence-electron chi connectivity index (χ3n) is 5.75. The van der Waals surface area contributed by atoms with Gasteiger partial charge < -0.3 is 9.67 Å². The van der Waals surface area contributed by atoms with Gasteiger partial charge in [0.05, 0.1) is 9.83 Å². The summed E-state index contributed by atoms with van der Waals surface area (Å²) in [6, 6.07) is 20.4. The Hall–Kier alpha value is -4.02. The Kier molecular flexibility index (Phi) is 5.83. The van der Waals surface area contributed by atoms with Gasteiger partial charge >= 0.3 is 5.97 Å². The molecule has 0 spiro atoms. The number of thioether (sulfide) groups is 1. The summed E-state index contributed by atoms with van der Waals surface area (Å²) >= 11 is 6.27. The number of hydrogen-bond donors (Lipinski definition) is 1. The highest BCUT2D eigenvalue weighted by atomic mass is 32.2. The van der Waals surface area contributed by atoms with Crippen molar-refractivity contribution in [2.24, 2.45) is 0 Å². The Labute approximate surface area is 208 Å². The molecular weight excluding hydrogens is 486 g/mol. The number of thiocarbonyl (C=S) groups is 1. The van der Waals surface area contributed by atoms with Crippen LogP contribution in [-0.2, 0) is 16.1 Å². The SMILES string of the molecule is O=C(O)CN1C(=O)/C(=C/c2ccc3c(c2)c2ccccc2n3Cc2ccc([N+](=O)[O-])cc2)SC1=S. The Morgan fingerprint density at radius 1 is 1.06 bits per heavy atom. The van der Waals surface area contributed by atoms with Crippen LogP contribution in [0.4, 0.5) is 5.69 Å². The number of non-ortho nitro benzene ring substituents is 1. The number of para-hydroxylation sites is 1. The summed E-state index contributed by atoms with van der Waals surface area (Å²) in [5, 5.41) is 22.0. The van der Waals surface area contributed by atoms with Gasteiger partial charge in [-0.25, -0.2) is 0 Å². The second-order valence-corrected chi connectivity index (χ2v) is 9.64. The van der Waals surface area contributed by atoms with Gasteiger partial charge in [-0.3, -0.25) is 24.6 Å². The smallest absolute Gasteiger partial charge is 0.323 e. The third-order valence-corrected chi connectivity index (χ3v) is 7.13. The van der Waals surface area contributed by atoms with E-state index in [2.05, 4.69) is 4.57 Å². The van der Waals surface area contributed by atoms with E-state index in [0.717, 1.165) is 49.6 Å². The van der Waals surface area contributed by atoms with Crippen molar-refractivity contribution in [3.63, 3.8) is 0 Å². The lowest BCUT2D eigenvalue weighted by Gasteiger charge is -2.10. The minimum absolute atomic E-state index is 0.0504. The minimum atomic E-state index is -1.12. The molecule has 1 N–H and O–H groups in total. The first-order valence-electron chi connectivity index (χ1n) is 10.5. The summed E-state index contributed by atoms with van der Waals surface area (Å²) < 4.78 is 2.38. The molecule has 3 aromatic carbocycles. The zero-order chi connectivity index (χ0) is 24.7. The van der Waals surface area contributed by atoms with Crippen molar-refractivity contribution in [1.82, 2.24) is 9.47 Å². The Morgan fingerprint density at radius 3 is 2.49 bits per heavy atom. The Morgan fingerprint density at radius 2 is 1.77 bits per heavy atom. The van der Waals surface area contributed by atoms with E-state index in [1.165, 1.54) is 12.1 Å². The van der Waals surface area contributed by atoms with E-state index in [1.54, 1.807) is 18.2 Å². The number of carbonyl (C=O) groups excluding carboxylic acids is 1. The molecular formula is C25H17N3O5S2. The van der Waals surface area contributed by atoms with Crippen LogP contribution in [0, 0.1) is 10.1 Å². The summed E-state index contributed by atoms with van der Waals surface area (Å²) in [6.45, 7) is 0.0758. The molecule has 1 saturated heterocycles. The number of aromatic nitrogens is 1. The molecule has 4 aromatic rings. The van der Waals surface area contributed by atoms with Crippen LogP contribution in [0.1, 0.15) is 11.1 Å². The monoisotopic (exact) mass is 503 g/mol. The maximum atomic E-state index is 12.6. The average Bonchev–Trinajstić information content (AvgIpc) is 3.28. The summed E-state index contributed by atoms with van der Waals surface area (Å²) in [6.07, 6.45) is 1.73. The van der Waals surface area contributed by atoms with Gasteiger partial charge in [0.15, 0.2) is 0 Å². The fraction of sp³-hybridized carbons (Fsp3) is 0.0800. The van der Waals surface area contributed by atoms with Crippen molar-refractivity contribution >= 4 is 73.7 Å². The topological polar surface area (TPSA) is 106 Å². The Bertz CT molecular complexity index is 1570. The van der Waals surface area contributed by atoms with E-state index in [0.29, 0.717) is 11.4 Å². The highest BCUT2D eigenvalue weighted by Gasteiger charge is 2.33. The number of benzene rings is 3. The van der Waals surface area contributed by atoms with Crippen LogP contribution < -0.4 is 0 Å². The van der Waals surface area contributed by atoms with Crippen LogP contribution in [-0.4, -0.2) is 42.2 Å². The van der Waals surface area contributed by atoms with Crippen LogP contribution in [0.3, 0.4) is 0 Å². The van der Waals surface area contributed by atoms with Crippen molar-refractivity contribution in [2.75, 3.05) is 6.54 Å². The first-order valence-corrected chi connectivity index (χ1v) is 11.8. The van der Waals surface area contributed by atoms with Gasteiger partial charge in [0.2, 0.25) is 0 Å². The third kappa shape index (κ3) is 4.29. The van der Waals surface area contributed by atoms with Gasteiger partial charge in [-0.1, -0.05) is 60.4 Å². The summed E-state index contributed by atoms with van der Waals surface area (Å²) in [5.41, 5.74) is 3.79. The van der Waals surface area contributed by atoms with Crippen LogP contribution >= 0.6 is 24.0 Å². The van der Waals surface area contributed by atoms with Crippen LogP contribution in [0.25, 0.3) is 27.9 Å². The molecule has 8 nitrogen and oxygen atoms in total. The highest BCUT2D eigenvalue weighted by Crippen LogP contribution is 2.35. The molecule has 0 saturated carbocycles. The number of amides is 1. The van der Waals surface area contributed by atoms with Crippen molar-refractivity contribution in [3.8, 4) is 0 Å². The molecule has 1 amide bonds. The first-order chi connectivity index (χ1) is 16.8. The molecule has 1 aromatic heterocycles. The van der Waals surface area contributed by atoms with Gasteiger partial charge in [0, 0.05) is 40.5 Å². The lowest BCUT2D eigenvalue weighted by atomic mass is 10.1. The molecule has 0 bridgehead atoms. The molecule has 174 valence electrons. The summed E-state index contributed by atoms with van der Waals surface area (Å²) in [7, 11) is 0. The largest absolute Gasteiger partial charge is 0.480 e. The predicted molar refractivity (Wildman–Crippen MR) is 139 cm³/mol.